The molecule has 2 aliphatic rings. The smallest absolute Gasteiger partial charge is 0.548 e. The Kier molecular flexibility index (Phi) is 5.50. The Bertz CT molecular complexity index is 552. The van der Waals surface area contributed by atoms with E-state index in [0.717, 1.165) is 6.08 Å². The third-order valence-corrected chi connectivity index (χ3v) is 4.79. The van der Waals surface area contributed by atoms with Crippen LogP contribution in [0, 0.1) is 0 Å². The summed E-state index contributed by atoms with van der Waals surface area (Å²) in [6.07, 6.45) is 1.16. The second kappa shape index (κ2) is 6.19. The number of carbonyl (C=O) groups excluding carboxylic acids is 3. The molecule has 0 aromatic heterocycles. The summed E-state index contributed by atoms with van der Waals surface area (Å²) in [6, 6.07) is -0.990. The van der Waals surface area contributed by atoms with Crippen molar-refractivity contribution in [2.24, 2.45) is 0 Å². The third-order valence-electron chi connectivity index (χ3n) is 3.26. The van der Waals surface area contributed by atoms with Crippen molar-refractivity contribution >= 4 is 29.6 Å². The van der Waals surface area contributed by atoms with Crippen molar-refractivity contribution in [3.8, 4) is 0 Å². The van der Waals surface area contributed by atoms with Crippen LogP contribution in [0.15, 0.2) is 11.6 Å². The molecule has 0 radical (unpaired) electrons. The topological polar surface area (TPSA) is 86.7 Å². The molecule has 2 aliphatic heterocycles. The molecular weight excluding hydrogens is 317 g/mol. The molecule has 2 fully saturated rings. The monoisotopic (exact) mass is 335 g/mol. The van der Waals surface area contributed by atoms with E-state index in [1.807, 2.05) is 0 Å². The van der Waals surface area contributed by atoms with Crippen LogP contribution in [0.1, 0.15) is 34.6 Å². The van der Waals surface area contributed by atoms with Gasteiger partial charge in [0.15, 0.2) is 0 Å². The number of rotatable bonds is 2. The number of fused-ring (bicyclic) bond motifs is 1. The van der Waals surface area contributed by atoms with E-state index in [0.29, 0.717) is 0 Å². The predicted octanol–water partition coefficient (Wildman–Crippen LogP) is -2.93. The first-order valence-corrected chi connectivity index (χ1v) is 7.48. The van der Waals surface area contributed by atoms with Crippen molar-refractivity contribution in [1.29, 1.82) is 0 Å². The van der Waals surface area contributed by atoms with E-state index >= 15 is 0 Å². The first-order chi connectivity index (χ1) is 9.44. The third kappa shape index (κ3) is 3.53. The molecule has 0 N–H and O–H groups in total. The average Bonchev–Trinajstić information content (AvgIpc) is 2.52. The summed E-state index contributed by atoms with van der Waals surface area (Å²) in [5.74, 6) is -2.32. The molecule has 2 rings (SSSR count). The zero-order chi connectivity index (χ0) is 16.2. The Morgan fingerprint density at radius 2 is 1.91 bits per heavy atom. The molecule has 8 heteroatoms. The molecule has 0 bridgehead atoms. The minimum Gasteiger partial charge on any atom is -0.548 e. The standard InChI is InChI=1S/C14H19NO5S.Na/c1-13(2,3)20-8(16)6-7-10(17)15-9(12(18)19)14(4,5)21-11(7)15;/h6,9,11H,1-5H3,(H,18,19);/q;+1/p-1/b7-6-;/t9-,11+;/m0./s1. The zero-order valence-electron chi connectivity index (χ0n) is 13.6. The second-order valence-corrected chi connectivity index (χ2v) is 8.38. The van der Waals surface area contributed by atoms with Gasteiger partial charge in [0.1, 0.15) is 11.0 Å². The molecule has 2 saturated heterocycles. The number of ether oxygens (including phenoxy) is 1. The number of amides is 1. The SMILES string of the molecule is CC(C)(C)OC(=O)/C=C1/C(=O)N2[C@@H]1SC(C)(C)[C@@H]2C(=O)[O-].[Na+]. The van der Waals surface area contributed by atoms with Gasteiger partial charge in [0, 0.05) is 10.8 Å². The van der Waals surface area contributed by atoms with Gasteiger partial charge in [0.2, 0.25) is 0 Å². The van der Waals surface area contributed by atoms with Gasteiger partial charge in [-0.1, -0.05) is 0 Å². The quantitative estimate of drug-likeness (QED) is 0.232. The summed E-state index contributed by atoms with van der Waals surface area (Å²) in [5, 5.41) is 10.8. The molecule has 22 heavy (non-hydrogen) atoms. The van der Waals surface area contributed by atoms with Gasteiger partial charge in [-0.2, -0.15) is 0 Å². The number of carbonyl (C=O) groups is 3. The van der Waals surface area contributed by atoms with Crippen molar-refractivity contribution in [3.05, 3.63) is 11.6 Å². The fraction of sp³-hybridized carbons (Fsp3) is 0.643. The number of nitrogens with zero attached hydrogens (tertiary/aromatic N) is 1. The fourth-order valence-corrected chi connectivity index (χ4v) is 4.03. The summed E-state index contributed by atoms with van der Waals surface area (Å²) in [7, 11) is 0. The van der Waals surface area contributed by atoms with Gasteiger partial charge in [0.05, 0.1) is 17.6 Å². The van der Waals surface area contributed by atoms with Crippen LogP contribution in [-0.4, -0.2) is 44.5 Å². The number of hydrogen-bond acceptors (Lipinski definition) is 6. The number of thioether (sulfide) groups is 1. The number of hydrogen-bond donors (Lipinski definition) is 0. The molecule has 0 aromatic carbocycles. The maximum Gasteiger partial charge on any atom is 1.00 e. The van der Waals surface area contributed by atoms with Crippen LogP contribution >= 0.6 is 11.8 Å². The maximum absolute atomic E-state index is 12.1. The molecule has 6 nitrogen and oxygen atoms in total. The number of carboxylic acids is 1. The second-order valence-electron chi connectivity index (χ2n) is 6.64. The molecule has 0 aliphatic carbocycles. The molecule has 0 spiro atoms. The van der Waals surface area contributed by atoms with Gasteiger partial charge in [-0.05, 0) is 34.6 Å². The first kappa shape index (κ1) is 19.5. The predicted molar refractivity (Wildman–Crippen MR) is 75.0 cm³/mol. The molecule has 0 unspecified atom stereocenters. The van der Waals surface area contributed by atoms with Crippen molar-refractivity contribution in [2.45, 2.75) is 56.4 Å². The van der Waals surface area contributed by atoms with Crippen LogP contribution in [0.25, 0.3) is 0 Å². The van der Waals surface area contributed by atoms with E-state index in [9.17, 15) is 19.5 Å². The summed E-state index contributed by atoms with van der Waals surface area (Å²) in [4.78, 5) is 36.4. The Labute approximate surface area is 155 Å². The minimum atomic E-state index is -1.28. The number of carboxylic acid groups (broad SMARTS) is 1. The van der Waals surface area contributed by atoms with Gasteiger partial charge in [-0.15, -0.1) is 11.8 Å². The Morgan fingerprint density at radius 1 is 1.36 bits per heavy atom. The molecule has 116 valence electrons. The Hall–Kier alpha value is -0.500. The molecular formula is C14H18NNaO5S. The van der Waals surface area contributed by atoms with Crippen LogP contribution in [0.3, 0.4) is 0 Å². The fourth-order valence-electron chi connectivity index (χ4n) is 2.49. The van der Waals surface area contributed by atoms with Gasteiger partial charge in [-0.25, -0.2) is 4.79 Å². The molecule has 0 aromatic rings. The van der Waals surface area contributed by atoms with Crippen LogP contribution < -0.4 is 34.7 Å². The van der Waals surface area contributed by atoms with Gasteiger partial charge < -0.3 is 19.5 Å². The summed E-state index contributed by atoms with van der Waals surface area (Å²) >= 11 is 1.33. The van der Waals surface area contributed by atoms with Crippen molar-refractivity contribution in [3.63, 3.8) is 0 Å². The van der Waals surface area contributed by atoms with E-state index < -0.39 is 39.6 Å². The zero-order valence-corrected chi connectivity index (χ0v) is 16.4. The van der Waals surface area contributed by atoms with E-state index in [4.69, 9.17) is 4.74 Å². The van der Waals surface area contributed by atoms with Crippen molar-refractivity contribution in [2.75, 3.05) is 0 Å². The van der Waals surface area contributed by atoms with Crippen LogP contribution in [0.4, 0.5) is 0 Å². The van der Waals surface area contributed by atoms with Crippen LogP contribution in [0.2, 0.25) is 0 Å². The molecule has 1 amide bonds. The molecule has 2 atom stereocenters. The van der Waals surface area contributed by atoms with Crippen LogP contribution in [-0.2, 0) is 19.1 Å². The summed E-state index contributed by atoms with van der Waals surface area (Å²) in [5.41, 5.74) is -0.359. The first-order valence-electron chi connectivity index (χ1n) is 6.60. The Balaban J connectivity index is 0.00000242. The van der Waals surface area contributed by atoms with E-state index in [2.05, 4.69) is 0 Å². The minimum absolute atomic E-state index is 0. The number of aliphatic carboxylic acids is 1. The van der Waals surface area contributed by atoms with E-state index in [-0.39, 0.29) is 35.1 Å². The van der Waals surface area contributed by atoms with E-state index in [1.165, 1.54) is 16.7 Å². The molecule has 2 heterocycles. The van der Waals surface area contributed by atoms with E-state index in [1.54, 1.807) is 34.6 Å². The summed E-state index contributed by atoms with van der Waals surface area (Å²) < 4.78 is 4.48. The van der Waals surface area contributed by atoms with Gasteiger partial charge in [-0.3, -0.25) is 4.79 Å². The van der Waals surface area contributed by atoms with Crippen molar-refractivity contribution < 1.29 is 53.8 Å². The Morgan fingerprint density at radius 3 is 2.36 bits per heavy atom. The van der Waals surface area contributed by atoms with Crippen LogP contribution in [0.5, 0.6) is 0 Å². The van der Waals surface area contributed by atoms with Gasteiger partial charge >= 0.3 is 35.5 Å². The summed E-state index contributed by atoms with van der Waals surface area (Å²) in [6.45, 7) is 8.69. The number of β-lactam (4-membered cyclic amide) rings is 1. The number of esters is 1. The average molecular weight is 335 g/mol. The largest absolute Gasteiger partial charge is 1.00 e. The molecule has 0 saturated carbocycles. The normalized spacial score (nSPS) is 27.8. The maximum atomic E-state index is 12.1. The van der Waals surface area contributed by atoms with Gasteiger partial charge in [0.25, 0.3) is 5.91 Å². The van der Waals surface area contributed by atoms with Crippen molar-refractivity contribution in [1.82, 2.24) is 4.90 Å².